The maximum Gasteiger partial charge on any atom is 0.208 e. The summed E-state index contributed by atoms with van der Waals surface area (Å²) in [6, 6.07) is 1.88. The number of carbonyl (C=O) groups excluding carboxylic acids is 1. The highest BCUT2D eigenvalue weighted by atomic mass is 35.5. The van der Waals surface area contributed by atoms with E-state index < -0.39 is 16.6 Å². The number of rotatable bonds is 13. The van der Waals surface area contributed by atoms with Gasteiger partial charge in [0, 0.05) is 30.3 Å². The van der Waals surface area contributed by atoms with Gasteiger partial charge in [-0.2, -0.15) is 0 Å². The molecule has 242 valence electrons. The standard InChI is InChI=1S/C32H54ClN3O4SSi2/c1-19(2)43(20(3)4,21(5)6)40-27-14-24(13-23(27)17-37)36-31-26(16-34-18-35-31)29(38)28-15-25(30(33)41-28)22(7)39-42(11,12)32(8,9)10/h15-16,18-24,27,37H,13-14,17H2,1-12H3,(H,34,35,36)/t22?,23-,24-,27+/m1/s1. The molecule has 0 spiro atoms. The Hall–Kier alpha value is -1.15. The van der Waals surface area contributed by atoms with E-state index in [1.165, 1.54) is 17.7 Å². The summed E-state index contributed by atoms with van der Waals surface area (Å²) < 4.78 is 14.3. The van der Waals surface area contributed by atoms with E-state index in [1.54, 1.807) is 6.20 Å². The van der Waals surface area contributed by atoms with E-state index in [2.05, 4.69) is 90.7 Å². The fraction of sp³-hybridized carbons (Fsp3) is 0.719. The van der Waals surface area contributed by atoms with Crippen molar-refractivity contribution in [3.05, 3.63) is 38.9 Å². The van der Waals surface area contributed by atoms with Crippen molar-refractivity contribution in [2.24, 2.45) is 5.92 Å². The Bertz CT molecular complexity index is 1230. The molecule has 2 aromatic heterocycles. The number of aliphatic hydroxyl groups excluding tert-OH is 1. The average molecular weight is 668 g/mol. The molecule has 0 bridgehead atoms. The maximum absolute atomic E-state index is 13.8. The fourth-order valence-electron chi connectivity index (χ4n) is 6.60. The molecule has 11 heteroatoms. The molecule has 7 nitrogen and oxygen atoms in total. The van der Waals surface area contributed by atoms with Gasteiger partial charge < -0.3 is 19.3 Å². The van der Waals surface area contributed by atoms with Gasteiger partial charge in [-0.05, 0) is 60.6 Å². The maximum atomic E-state index is 13.8. The first-order chi connectivity index (χ1) is 19.9. The van der Waals surface area contributed by atoms with Crippen molar-refractivity contribution in [2.75, 3.05) is 11.9 Å². The highest BCUT2D eigenvalue weighted by Crippen LogP contribution is 2.46. The van der Waals surface area contributed by atoms with Crippen molar-refractivity contribution in [1.82, 2.24) is 9.97 Å². The van der Waals surface area contributed by atoms with E-state index in [9.17, 15) is 9.90 Å². The molecule has 2 N–H and O–H groups in total. The molecule has 0 aromatic carbocycles. The number of aliphatic hydroxyl groups is 1. The van der Waals surface area contributed by atoms with Crippen molar-refractivity contribution in [3.63, 3.8) is 0 Å². The number of hydrogen-bond donors (Lipinski definition) is 2. The minimum absolute atomic E-state index is 0.0160. The lowest BCUT2D eigenvalue weighted by molar-refractivity contribution is 0.0941. The Morgan fingerprint density at radius 2 is 1.72 bits per heavy atom. The Kier molecular flexibility index (Phi) is 11.9. The van der Waals surface area contributed by atoms with E-state index in [4.69, 9.17) is 20.5 Å². The van der Waals surface area contributed by atoms with E-state index in [0.717, 1.165) is 18.4 Å². The van der Waals surface area contributed by atoms with Gasteiger partial charge in [0.05, 0.1) is 27.0 Å². The van der Waals surface area contributed by atoms with Gasteiger partial charge >= 0.3 is 0 Å². The zero-order chi connectivity index (χ0) is 32.5. The average Bonchev–Trinajstić information content (AvgIpc) is 3.48. The molecule has 1 aliphatic carbocycles. The molecule has 43 heavy (non-hydrogen) atoms. The predicted octanol–water partition coefficient (Wildman–Crippen LogP) is 9.25. The van der Waals surface area contributed by atoms with Crippen molar-refractivity contribution < 1.29 is 18.8 Å². The number of thiophene rings is 1. The molecule has 0 amide bonds. The number of aromatic nitrogens is 2. The van der Waals surface area contributed by atoms with Gasteiger partial charge in [0.2, 0.25) is 14.1 Å². The van der Waals surface area contributed by atoms with E-state index in [1.807, 2.05) is 13.0 Å². The van der Waals surface area contributed by atoms with E-state index in [-0.39, 0.29) is 41.6 Å². The molecule has 1 fully saturated rings. The van der Waals surface area contributed by atoms with Crippen molar-refractivity contribution in [2.45, 2.75) is 135 Å². The predicted molar refractivity (Wildman–Crippen MR) is 185 cm³/mol. The number of carbonyl (C=O) groups is 1. The smallest absolute Gasteiger partial charge is 0.208 e. The summed E-state index contributed by atoms with van der Waals surface area (Å²) >= 11 is 7.95. The Morgan fingerprint density at radius 3 is 2.26 bits per heavy atom. The lowest BCUT2D eigenvalue weighted by Crippen LogP contribution is -2.51. The summed E-state index contributed by atoms with van der Waals surface area (Å²) in [6.45, 7) is 26.8. The van der Waals surface area contributed by atoms with Gasteiger partial charge in [0.25, 0.3) is 0 Å². The topological polar surface area (TPSA) is 93.6 Å². The molecule has 1 unspecified atom stereocenters. The van der Waals surface area contributed by atoms with Crippen LogP contribution in [0.5, 0.6) is 0 Å². The summed E-state index contributed by atoms with van der Waals surface area (Å²) in [6.07, 6.45) is 4.27. The van der Waals surface area contributed by atoms with Crippen LogP contribution >= 0.6 is 22.9 Å². The second kappa shape index (κ2) is 14.1. The zero-order valence-corrected chi connectivity index (χ0v) is 31.8. The fourth-order valence-corrected chi connectivity index (χ4v) is 15.0. The highest BCUT2D eigenvalue weighted by molar-refractivity contribution is 7.18. The third-order valence-electron chi connectivity index (χ3n) is 9.88. The molecule has 3 rings (SSSR count). The van der Waals surface area contributed by atoms with Crippen LogP contribution < -0.4 is 5.32 Å². The van der Waals surface area contributed by atoms with Crippen LogP contribution in [0.15, 0.2) is 18.6 Å². The first kappa shape index (κ1) is 36.3. The van der Waals surface area contributed by atoms with Crippen LogP contribution in [0, 0.1) is 5.92 Å². The highest BCUT2D eigenvalue weighted by Gasteiger charge is 2.49. The summed E-state index contributed by atoms with van der Waals surface area (Å²) in [7, 11) is -4.15. The number of nitrogens with one attached hydrogen (secondary N) is 1. The third-order valence-corrected chi connectivity index (χ3v) is 21.9. The largest absolute Gasteiger partial charge is 0.413 e. The van der Waals surface area contributed by atoms with Gasteiger partial charge in [0.15, 0.2) is 8.32 Å². The number of halogens is 1. The molecule has 1 aliphatic rings. The number of ketones is 1. The first-order valence-electron chi connectivity index (χ1n) is 15.7. The van der Waals surface area contributed by atoms with Crippen LogP contribution in [0.25, 0.3) is 0 Å². The van der Waals surface area contributed by atoms with E-state index >= 15 is 0 Å². The molecular formula is C32H54ClN3O4SSi2. The summed E-state index contributed by atoms with van der Waals surface area (Å²) in [5.74, 6) is 0.359. The van der Waals surface area contributed by atoms with Crippen LogP contribution in [-0.4, -0.2) is 56.2 Å². The van der Waals surface area contributed by atoms with Gasteiger partial charge in [-0.25, -0.2) is 9.97 Å². The van der Waals surface area contributed by atoms with Crippen LogP contribution in [0.2, 0.25) is 39.1 Å². The number of hydrogen-bond acceptors (Lipinski definition) is 8. The van der Waals surface area contributed by atoms with Crippen LogP contribution in [0.4, 0.5) is 5.82 Å². The second-order valence-electron chi connectivity index (χ2n) is 14.7. The molecule has 0 aliphatic heterocycles. The van der Waals surface area contributed by atoms with E-state index in [0.29, 0.717) is 37.2 Å². The van der Waals surface area contributed by atoms with Crippen LogP contribution in [0.3, 0.4) is 0 Å². The summed E-state index contributed by atoms with van der Waals surface area (Å²) in [5, 5.41) is 13.9. The van der Waals surface area contributed by atoms with Crippen LogP contribution in [0.1, 0.15) is 109 Å². The lowest BCUT2D eigenvalue weighted by Gasteiger charge is -2.45. The zero-order valence-electron chi connectivity index (χ0n) is 28.2. The molecular weight excluding hydrogens is 614 g/mol. The molecule has 1 saturated carbocycles. The van der Waals surface area contributed by atoms with Gasteiger partial charge in [-0.1, -0.05) is 73.9 Å². The SMILES string of the molecule is CC(O[Si](C)(C)C(C)(C)C)c1cc(C(=O)c2cncnc2N[C@@H]2C[C@H](CO)[C@@H](O[Si](C(C)C)(C(C)C)C(C)C)C2)sc1Cl. The number of nitrogens with zero attached hydrogens (tertiary/aromatic N) is 2. The quantitative estimate of drug-likeness (QED) is 0.162. The lowest BCUT2D eigenvalue weighted by atomic mass is 10.1. The van der Waals surface area contributed by atoms with Crippen molar-refractivity contribution >= 4 is 51.2 Å². The Balaban J connectivity index is 1.82. The summed E-state index contributed by atoms with van der Waals surface area (Å²) in [5.41, 5.74) is 2.62. The first-order valence-corrected chi connectivity index (χ1v) is 22.0. The summed E-state index contributed by atoms with van der Waals surface area (Å²) in [4.78, 5) is 23.0. The third kappa shape index (κ3) is 7.81. The second-order valence-corrected chi connectivity index (χ2v) is 26.5. The number of anilines is 1. The monoisotopic (exact) mass is 667 g/mol. The van der Waals surface area contributed by atoms with Gasteiger partial charge in [-0.3, -0.25) is 4.79 Å². The normalized spacial score (nSPS) is 20.8. The van der Waals surface area contributed by atoms with Crippen LogP contribution in [-0.2, 0) is 8.85 Å². The van der Waals surface area contributed by atoms with Crippen molar-refractivity contribution in [1.29, 1.82) is 0 Å². The molecule has 4 atom stereocenters. The molecule has 0 radical (unpaired) electrons. The minimum Gasteiger partial charge on any atom is -0.413 e. The van der Waals surface area contributed by atoms with Gasteiger partial charge in [0.1, 0.15) is 12.1 Å². The molecule has 0 saturated heterocycles. The Morgan fingerprint density at radius 1 is 1.12 bits per heavy atom. The Labute approximate surface area is 270 Å². The molecule has 2 aromatic rings. The van der Waals surface area contributed by atoms with Gasteiger partial charge in [-0.15, -0.1) is 11.3 Å². The van der Waals surface area contributed by atoms with Crippen molar-refractivity contribution in [3.8, 4) is 0 Å². The minimum atomic E-state index is -2.12. The molecule has 2 heterocycles.